The van der Waals surface area contributed by atoms with Crippen LogP contribution in [0.3, 0.4) is 0 Å². The molecular formula is C26H42FN3O6. The van der Waals surface area contributed by atoms with E-state index in [9.17, 15) is 24.5 Å². The molecule has 204 valence electrons. The highest BCUT2D eigenvalue weighted by molar-refractivity contribution is 5.79. The van der Waals surface area contributed by atoms with Gasteiger partial charge in [0.1, 0.15) is 11.9 Å². The molecule has 2 aliphatic rings. The van der Waals surface area contributed by atoms with Crippen LogP contribution >= 0.6 is 0 Å². The molecule has 6 N–H and O–H groups in total. The molecule has 0 aliphatic carbocycles. The van der Waals surface area contributed by atoms with Crippen LogP contribution in [-0.2, 0) is 22.6 Å². The number of amides is 1. The third kappa shape index (κ3) is 9.02. The Labute approximate surface area is 212 Å². The quantitative estimate of drug-likeness (QED) is 0.178. The van der Waals surface area contributed by atoms with E-state index >= 15 is 0 Å². The average Bonchev–Trinajstić information content (AvgIpc) is 2.84. The van der Waals surface area contributed by atoms with Gasteiger partial charge >= 0.3 is 0 Å². The Morgan fingerprint density at radius 2 is 1.92 bits per heavy atom. The number of benzene rings is 1. The molecule has 0 aromatic heterocycles. The molecule has 9 nitrogen and oxygen atoms in total. The van der Waals surface area contributed by atoms with Crippen molar-refractivity contribution in [1.82, 2.24) is 15.5 Å². The van der Waals surface area contributed by atoms with Crippen molar-refractivity contribution in [3.63, 3.8) is 0 Å². The summed E-state index contributed by atoms with van der Waals surface area (Å²) in [6, 6.07) is 4.93. The second-order valence-electron chi connectivity index (χ2n) is 10.1. The number of aliphatic hydroxyl groups excluding tert-OH is 4. The van der Waals surface area contributed by atoms with Crippen LogP contribution in [0.1, 0.15) is 36.8 Å². The van der Waals surface area contributed by atoms with Gasteiger partial charge in [0.25, 0.3) is 0 Å². The zero-order valence-corrected chi connectivity index (χ0v) is 20.9. The topological polar surface area (TPSA) is 135 Å². The molecule has 3 rings (SSSR count). The Balaban J connectivity index is 1.30. The van der Waals surface area contributed by atoms with E-state index in [0.29, 0.717) is 44.3 Å². The summed E-state index contributed by atoms with van der Waals surface area (Å²) in [5.41, 5.74) is 1.14. The highest BCUT2D eigenvalue weighted by Crippen LogP contribution is 2.19. The number of hydrogen-bond acceptors (Lipinski definition) is 8. The van der Waals surface area contributed by atoms with Gasteiger partial charge in [-0.05, 0) is 61.9 Å². The lowest BCUT2D eigenvalue weighted by molar-refractivity contribution is -0.136. The van der Waals surface area contributed by atoms with Gasteiger partial charge < -0.3 is 40.7 Å². The van der Waals surface area contributed by atoms with Crippen molar-refractivity contribution in [2.24, 2.45) is 11.8 Å². The maximum atomic E-state index is 14.6. The third-order valence-corrected chi connectivity index (χ3v) is 7.17. The Kier molecular flexibility index (Phi) is 12.0. The van der Waals surface area contributed by atoms with Crippen molar-refractivity contribution < 1.29 is 34.3 Å². The Morgan fingerprint density at radius 1 is 1.17 bits per heavy atom. The zero-order chi connectivity index (χ0) is 25.9. The maximum absolute atomic E-state index is 14.6. The summed E-state index contributed by atoms with van der Waals surface area (Å²) in [5, 5.41) is 44.5. The molecule has 36 heavy (non-hydrogen) atoms. The number of halogens is 1. The number of carbonyl (C=O) groups excluding carboxylic acids is 1. The summed E-state index contributed by atoms with van der Waals surface area (Å²) in [6.45, 7) is 4.62. The summed E-state index contributed by atoms with van der Waals surface area (Å²) in [5.74, 6) is 0.384. The smallest absolute Gasteiger partial charge is 0.227 e. The minimum atomic E-state index is -1.34. The minimum Gasteiger partial charge on any atom is -0.396 e. The molecule has 2 saturated heterocycles. The molecule has 1 aromatic rings. The summed E-state index contributed by atoms with van der Waals surface area (Å²) in [4.78, 5) is 14.2. The van der Waals surface area contributed by atoms with Crippen molar-refractivity contribution >= 4 is 5.91 Å². The zero-order valence-electron chi connectivity index (χ0n) is 20.9. The second kappa shape index (κ2) is 14.9. The van der Waals surface area contributed by atoms with Crippen molar-refractivity contribution in [3.05, 3.63) is 35.1 Å². The molecule has 10 heteroatoms. The summed E-state index contributed by atoms with van der Waals surface area (Å²) < 4.78 is 20.3. The maximum Gasteiger partial charge on any atom is 0.227 e. The molecule has 0 saturated carbocycles. The monoisotopic (exact) mass is 511 g/mol. The van der Waals surface area contributed by atoms with Crippen LogP contribution in [-0.4, -0.2) is 102 Å². The first-order chi connectivity index (χ1) is 17.4. The highest BCUT2D eigenvalue weighted by atomic mass is 19.1. The number of piperidine rings is 1. The van der Waals surface area contributed by atoms with Gasteiger partial charge in [-0.25, -0.2) is 4.39 Å². The molecule has 2 aliphatic heterocycles. The van der Waals surface area contributed by atoms with Gasteiger partial charge in [-0.15, -0.1) is 0 Å². The number of nitrogens with zero attached hydrogens (tertiary/aromatic N) is 1. The second-order valence-corrected chi connectivity index (χ2v) is 10.1. The van der Waals surface area contributed by atoms with E-state index in [4.69, 9.17) is 9.84 Å². The molecule has 0 unspecified atom stereocenters. The van der Waals surface area contributed by atoms with E-state index in [0.717, 1.165) is 25.1 Å². The molecule has 0 radical (unpaired) electrons. The first-order valence-electron chi connectivity index (χ1n) is 13.1. The van der Waals surface area contributed by atoms with Crippen LogP contribution in [0, 0.1) is 17.7 Å². The van der Waals surface area contributed by atoms with Crippen molar-refractivity contribution in [3.8, 4) is 0 Å². The average molecular weight is 512 g/mol. The summed E-state index contributed by atoms with van der Waals surface area (Å²) in [7, 11) is 0. The molecular weight excluding hydrogens is 469 g/mol. The molecule has 2 heterocycles. The van der Waals surface area contributed by atoms with Crippen molar-refractivity contribution in [2.75, 3.05) is 52.5 Å². The van der Waals surface area contributed by atoms with E-state index in [1.165, 1.54) is 18.9 Å². The standard InChI is InChI=1S/C26H42FN3O6/c27-22-11-19(17-36-10-6-18-3-7-28-8-4-18)1-2-21(22)12-25(34)30-15-20(16-30)13-29-14-24(33)26(35)23(32)5-9-31/h1-2,11,18,20,23-24,26,28-29,31-33,35H,3-10,12-17H2/t23-,24+,26+/m0/s1. The number of ether oxygens (including phenoxy) is 1. The lowest BCUT2D eigenvalue weighted by Crippen LogP contribution is -2.54. The van der Waals surface area contributed by atoms with Gasteiger partial charge in [-0.2, -0.15) is 0 Å². The Bertz CT molecular complexity index is 804. The molecule has 3 atom stereocenters. The first kappa shape index (κ1) is 28.9. The normalized spacial score (nSPS) is 19.6. The van der Waals surface area contributed by atoms with E-state index in [1.54, 1.807) is 11.0 Å². The van der Waals surface area contributed by atoms with Crippen LogP contribution in [0.2, 0.25) is 0 Å². The number of aliphatic hydroxyl groups is 4. The summed E-state index contributed by atoms with van der Waals surface area (Å²) >= 11 is 0. The van der Waals surface area contributed by atoms with Crippen LogP contribution in [0.15, 0.2) is 18.2 Å². The number of rotatable bonds is 15. The molecule has 1 amide bonds. The van der Waals surface area contributed by atoms with Crippen LogP contribution in [0.25, 0.3) is 0 Å². The minimum absolute atomic E-state index is 0.00630. The van der Waals surface area contributed by atoms with Crippen molar-refractivity contribution in [2.45, 2.75) is 57.0 Å². The lowest BCUT2D eigenvalue weighted by Gasteiger charge is -2.39. The predicted octanol–water partition coefficient (Wildman–Crippen LogP) is -0.212. The molecule has 0 bridgehead atoms. The fraction of sp³-hybridized carbons (Fsp3) is 0.731. The SMILES string of the molecule is O=C(Cc1ccc(COCCC2CCNCC2)cc1F)N1CC(CNC[C@@H](O)[C@H](O)[C@@H](O)CCO)C1. The van der Waals surface area contributed by atoms with Gasteiger partial charge in [-0.3, -0.25) is 4.79 Å². The fourth-order valence-corrected chi connectivity index (χ4v) is 4.73. The van der Waals surface area contributed by atoms with E-state index in [-0.39, 0.29) is 37.8 Å². The van der Waals surface area contributed by atoms with Crippen LogP contribution in [0.5, 0.6) is 0 Å². The first-order valence-corrected chi connectivity index (χ1v) is 13.1. The van der Waals surface area contributed by atoms with Gasteiger partial charge in [0.2, 0.25) is 5.91 Å². The third-order valence-electron chi connectivity index (χ3n) is 7.17. The van der Waals surface area contributed by atoms with E-state index in [1.807, 2.05) is 6.07 Å². The van der Waals surface area contributed by atoms with Gasteiger partial charge in [0.15, 0.2) is 0 Å². The Morgan fingerprint density at radius 3 is 2.61 bits per heavy atom. The fourth-order valence-electron chi connectivity index (χ4n) is 4.73. The van der Waals surface area contributed by atoms with Crippen LogP contribution in [0.4, 0.5) is 4.39 Å². The number of nitrogens with one attached hydrogen (secondary N) is 2. The predicted molar refractivity (Wildman–Crippen MR) is 133 cm³/mol. The number of likely N-dealkylation sites (tertiary alicyclic amines) is 1. The molecule has 2 fully saturated rings. The number of hydrogen-bond donors (Lipinski definition) is 6. The van der Waals surface area contributed by atoms with Gasteiger partial charge in [-0.1, -0.05) is 12.1 Å². The van der Waals surface area contributed by atoms with Gasteiger partial charge in [0.05, 0.1) is 25.2 Å². The molecule has 1 aromatic carbocycles. The highest BCUT2D eigenvalue weighted by Gasteiger charge is 2.31. The van der Waals surface area contributed by atoms with E-state index in [2.05, 4.69) is 10.6 Å². The van der Waals surface area contributed by atoms with Gasteiger partial charge in [0, 0.05) is 45.3 Å². The number of carbonyl (C=O) groups is 1. The van der Waals surface area contributed by atoms with Crippen molar-refractivity contribution in [1.29, 1.82) is 0 Å². The lowest BCUT2D eigenvalue weighted by atomic mass is 9.95. The van der Waals surface area contributed by atoms with E-state index < -0.39 is 24.1 Å². The van der Waals surface area contributed by atoms with Crippen LogP contribution < -0.4 is 10.6 Å². The Hall–Kier alpha value is -1.66. The largest absolute Gasteiger partial charge is 0.396 e. The summed E-state index contributed by atoms with van der Waals surface area (Å²) in [6.07, 6.45) is -0.288. The molecule has 0 spiro atoms.